The number of hydrogen-bond donors (Lipinski definition) is 1. The van der Waals surface area contributed by atoms with Crippen molar-refractivity contribution in [3.63, 3.8) is 0 Å². The molecule has 4 fully saturated rings. The number of hydrogen-bond acceptors (Lipinski definition) is 4. The number of unbranched alkanes of at least 4 members (excludes halogenated alkanes) is 1. The molecule has 0 amide bonds. The normalized spacial score (nSPS) is 48.0. The average molecular weight is 321 g/mol. The summed E-state index contributed by atoms with van der Waals surface area (Å²) in [5, 5.41) is 3.48. The molecule has 4 heteroatoms. The molecule has 0 bridgehead atoms. The van der Waals surface area contributed by atoms with Crippen LogP contribution in [0.15, 0.2) is 0 Å². The molecule has 2 aliphatic heterocycles. The lowest BCUT2D eigenvalue weighted by molar-refractivity contribution is -0.147. The van der Waals surface area contributed by atoms with Crippen LogP contribution >= 0.6 is 0 Å². The summed E-state index contributed by atoms with van der Waals surface area (Å²) < 4.78 is 11.8. The molecule has 4 rings (SSSR count). The summed E-state index contributed by atoms with van der Waals surface area (Å²) in [5.41, 5.74) is 0.463. The largest absolute Gasteiger partial charge is 0.462 e. The van der Waals surface area contributed by atoms with Gasteiger partial charge in [-0.15, -0.1) is 0 Å². The van der Waals surface area contributed by atoms with Gasteiger partial charge in [0.05, 0.1) is 18.1 Å². The second-order valence-corrected chi connectivity index (χ2v) is 8.66. The fraction of sp³-hybridized carbons (Fsp3) is 0.947. The lowest BCUT2D eigenvalue weighted by Crippen LogP contribution is -2.51. The zero-order valence-corrected chi connectivity index (χ0v) is 14.6. The summed E-state index contributed by atoms with van der Waals surface area (Å²) in [4.78, 5) is 12.4. The van der Waals surface area contributed by atoms with Crippen molar-refractivity contribution in [3.05, 3.63) is 0 Å². The highest BCUT2D eigenvalue weighted by Gasteiger charge is 2.64. The first-order valence-electron chi connectivity index (χ1n) is 9.63. The van der Waals surface area contributed by atoms with Crippen LogP contribution in [0.1, 0.15) is 58.8 Å². The molecule has 130 valence electrons. The molecule has 4 aliphatic rings. The van der Waals surface area contributed by atoms with Crippen LogP contribution in [0.2, 0.25) is 0 Å². The van der Waals surface area contributed by atoms with Crippen LogP contribution in [0, 0.1) is 23.2 Å². The third-order valence-electron chi connectivity index (χ3n) is 7.15. The summed E-state index contributed by atoms with van der Waals surface area (Å²) in [6.07, 6.45) is 8.43. The second-order valence-electron chi connectivity index (χ2n) is 8.66. The van der Waals surface area contributed by atoms with Crippen LogP contribution in [0.4, 0.5) is 0 Å². The van der Waals surface area contributed by atoms with E-state index in [1.807, 2.05) is 0 Å². The lowest BCUT2D eigenvalue weighted by atomic mass is 9.53. The van der Waals surface area contributed by atoms with Crippen molar-refractivity contribution in [1.29, 1.82) is 0 Å². The Morgan fingerprint density at radius 1 is 1.35 bits per heavy atom. The SMILES string of the molecule is CCCCNCC1C(=O)OC2CC3(C)CCCC4(CO4)C3CC21. The van der Waals surface area contributed by atoms with E-state index in [9.17, 15) is 4.79 Å². The number of epoxide rings is 1. The number of nitrogens with one attached hydrogen (secondary N) is 1. The Labute approximate surface area is 139 Å². The summed E-state index contributed by atoms with van der Waals surface area (Å²) in [6, 6.07) is 0. The highest BCUT2D eigenvalue weighted by molar-refractivity contribution is 5.75. The number of fused-ring (bicyclic) bond motifs is 3. The van der Waals surface area contributed by atoms with Crippen molar-refractivity contribution in [2.75, 3.05) is 19.7 Å². The maximum atomic E-state index is 12.4. The van der Waals surface area contributed by atoms with Crippen LogP contribution in [0.3, 0.4) is 0 Å². The molecular weight excluding hydrogens is 290 g/mol. The van der Waals surface area contributed by atoms with Gasteiger partial charge in [0, 0.05) is 12.5 Å². The smallest absolute Gasteiger partial charge is 0.310 e. The van der Waals surface area contributed by atoms with Crippen LogP contribution in [0.5, 0.6) is 0 Å². The molecule has 0 radical (unpaired) electrons. The zero-order valence-electron chi connectivity index (χ0n) is 14.6. The van der Waals surface area contributed by atoms with E-state index in [-0.39, 0.29) is 23.6 Å². The van der Waals surface area contributed by atoms with E-state index in [4.69, 9.17) is 9.47 Å². The van der Waals surface area contributed by atoms with Gasteiger partial charge in [0.15, 0.2) is 0 Å². The number of carbonyl (C=O) groups is 1. The molecule has 1 N–H and O–H groups in total. The van der Waals surface area contributed by atoms with E-state index in [2.05, 4.69) is 19.2 Å². The van der Waals surface area contributed by atoms with Gasteiger partial charge in [-0.05, 0) is 56.4 Å². The Balaban J connectivity index is 1.47. The predicted molar refractivity (Wildman–Crippen MR) is 88.0 cm³/mol. The van der Waals surface area contributed by atoms with E-state index < -0.39 is 0 Å². The zero-order chi connectivity index (χ0) is 16.1. The monoisotopic (exact) mass is 321 g/mol. The van der Waals surface area contributed by atoms with Crippen LogP contribution in [-0.4, -0.2) is 37.4 Å². The highest BCUT2D eigenvalue weighted by atomic mass is 16.6. The number of ether oxygens (including phenoxy) is 2. The van der Waals surface area contributed by atoms with Gasteiger partial charge in [-0.25, -0.2) is 0 Å². The quantitative estimate of drug-likeness (QED) is 0.480. The molecule has 2 aliphatic carbocycles. The van der Waals surface area contributed by atoms with Crippen LogP contribution in [0.25, 0.3) is 0 Å². The fourth-order valence-corrected chi connectivity index (χ4v) is 5.75. The molecule has 2 saturated heterocycles. The van der Waals surface area contributed by atoms with Crippen molar-refractivity contribution in [3.8, 4) is 0 Å². The maximum absolute atomic E-state index is 12.4. The second kappa shape index (κ2) is 5.73. The molecule has 0 aromatic rings. The highest BCUT2D eigenvalue weighted by Crippen LogP contribution is 2.62. The van der Waals surface area contributed by atoms with Gasteiger partial charge in [0.2, 0.25) is 0 Å². The van der Waals surface area contributed by atoms with Gasteiger partial charge < -0.3 is 14.8 Å². The molecule has 4 nitrogen and oxygen atoms in total. The van der Waals surface area contributed by atoms with Crippen molar-refractivity contribution in [2.45, 2.75) is 70.5 Å². The third kappa shape index (κ3) is 2.62. The average Bonchev–Trinajstić information content (AvgIpc) is 3.21. The Morgan fingerprint density at radius 3 is 2.91 bits per heavy atom. The Morgan fingerprint density at radius 2 is 2.17 bits per heavy atom. The minimum Gasteiger partial charge on any atom is -0.462 e. The molecule has 2 heterocycles. The van der Waals surface area contributed by atoms with Crippen molar-refractivity contribution in [2.24, 2.45) is 23.2 Å². The van der Waals surface area contributed by atoms with Crippen LogP contribution < -0.4 is 5.32 Å². The first-order valence-corrected chi connectivity index (χ1v) is 9.63. The van der Waals surface area contributed by atoms with Gasteiger partial charge >= 0.3 is 5.97 Å². The lowest BCUT2D eigenvalue weighted by Gasteiger charge is -2.51. The van der Waals surface area contributed by atoms with E-state index in [1.165, 1.54) is 32.1 Å². The first kappa shape index (κ1) is 15.9. The van der Waals surface area contributed by atoms with Crippen molar-refractivity contribution >= 4 is 5.97 Å². The van der Waals surface area contributed by atoms with Crippen molar-refractivity contribution in [1.82, 2.24) is 5.32 Å². The topological polar surface area (TPSA) is 50.9 Å². The molecule has 6 unspecified atom stereocenters. The van der Waals surface area contributed by atoms with Crippen molar-refractivity contribution < 1.29 is 14.3 Å². The minimum atomic E-state index is 0.0389. The van der Waals surface area contributed by atoms with E-state index in [0.717, 1.165) is 32.5 Å². The molecule has 23 heavy (non-hydrogen) atoms. The summed E-state index contributed by atoms with van der Waals surface area (Å²) in [6.45, 7) is 7.35. The van der Waals surface area contributed by atoms with Gasteiger partial charge in [-0.3, -0.25) is 4.79 Å². The van der Waals surface area contributed by atoms with E-state index >= 15 is 0 Å². The van der Waals surface area contributed by atoms with E-state index in [0.29, 0.717) is 17.3 Å². The van der Waals surface area contributed by atoms with Gasteiger partial charge in [0.25, 0.3) is 0 Å². The number of esters is 1. The Kier molecular flexibility index (Phi) is 3.96. The molecular formula is C19H31NO3. The molecule has 6 atom stereocenters. The standard InChI is InChI=1S/C19H31NO3/c1-3-4-8-20-11-14-13-9-16-18(2,10-15(13)23-17(14)21)6-5-7-19(16)12-22-19/h13-16,20H,3-12H2,1-2H3. The Bertz CT molecular complexity index is 475. The summed E-state index contributed by atoms with van der Waals surface area (Å²) in [5.74, 6) is 1.11. The van der Waals surface area contributed by atoms with E-state index in [1.54, 1.807) is 0 Å². The summed E-state index contributed by atoms with van der Waals surface area (Å²) in [7, 11) is 0. The van der Waals surface area contributed by atoms with Gasteiger partial charge in [-0.1, -0.05) is 20.3 Å². The molecule has 0 aromatic heterocycles. The van der Waals surface area contributed by atoms with Gasteiger partial charge in [0.1, 0.15) is 6.10 Å². The third-order valence-corrected chi connectivity index (χ3v) is 7.15. The first-order chi connectivity index (χ1) is 11.1. The fourth-order valence-electron chi connectivity index (χ4n) is 5.75. The minimum absolute atomic E-state index is 0.0389. The number of rotatable bonds is 5. The Hall–Kier alpha value is -0.610. The molecule has 2 saturated carbocycles. The predicted octanol–water partition coefficient (Wildman–Crippen LogP) is 2.90. The summed E-state index contributed by atoms with van der Waals surface area (Å²) >= 11 is 0. The maximum Gasteiger partial charge on any atom is 0.310 e. The van der Waals surface area contributed by atoms with Crippen LogP contribution in [-0.2, 0) is 14.3 Å². The molecule has 1 spiro atoms. The molecule has 0 aromatic carbocycles. The van der Waals surface area contributed by atoms with Gasteiger partial charge in [-0.2, -0.15) is 0 Å². The number of carbonyl (C=O) groups excluding carboxylic acids is 1.